The normalized spacial score (nSPS) is 10.9. The summed E-state index contributed by atoms with van der Waals surface area (Å²) in [4.78, 5) is 24.7. The predicted molar refractivity (Wildman–Crippen MR) is 135 cm³/mol. The van der Waals surface area contributed by atoms with Crippen molar-refractivity contribution in [1.82, 2.24) is 10.9 Å². The lowest BCUT2D eigenvalue weighted by atomic mass is 10.1. The van der Waals surface area contributed by atoms with E-state index in [0.717, 1.165) is 0 Å². The molecule has 0 aliphatic carbocycles. The first-order valence-corrected chi connectivity index (χ1v) is 11.1. The number of hydrazone groups is 2. The number of ether oxygens (including phenoxy) is 2. The summed E-state index contributed by atoms with van der Waals surface area (Å²) in [5, 5.41) is 28.1. The quantitative estimate of drug-likeness (QED) is 0.253. The van der Waals surface area contributed by atoms with Gasteiger partial charge in [0.15, 0.2) is 23.0 Å². The number of para-hydroxylation sites is 2. The van der Waals surface area contributed by atoms with Crippen LogP contribution in [0.25, 0.3) is 0 Å². The fourth-order valence-corrected chi connectivity index (χ4v) is 3.05. The van der Waals surface area contributed by atoms with Crippen LogP contribution in [0.1, 0.15) is 45.7 Å². The minimum Gasteiger partial charge on any atom is -0.504 e. The molecule has 186 valence electrons. The highest BCUT2D eigenvalue weighted by Crippen LogP contribution is 2.29. The van der Waals surface area contributed by atoms with Gasteiger partial charge in [-0.3, -0.25) is 9.59 Å². The molecule has 3 aromatic carbocycles. The number of phenols is 2. The van der Waals surface area contributed by atoms with Gasteiger partial charge in [0.1, 0.15) is 0 Å². The summed E-state index contributed by atoms with van der Waals surface area (Å²) in [6, 6.07) is 15.8. The van der Waals surface area contributed by atoms with Crippen LogP contribution in [0.2, 0.25) is 0 Å². The Morgan fingerprint density at radius 2 is 1.11 bits per heavy atom. The second kappa shape index (κ2) is 12.6. The molecular weight excluding hydrogens is 464 g/mol. The van der Waals surface area contributed by atoms with Gasteiger partial charge in [-0.05, 0) is 62.4 Å². The zero-order chi connectivity index (χ0) is 25.9. The van der Waals surface area contributed by atoms with E-state index in [1.165, 1.54) is 36.7 Å². The molecule has 10 heteroatoms. The van der Waals surface area contributed by atoms with E-state index >= 15 is 0 Å². The standard InChI is InChI=1S/C26H26N4O6/c1-3-35-21-9-5-7-19(23(21)31)15-27-29-25(33)17-11-13-18(14-12-17)26(34)30-28-16-20-8-6-10-22(24(20)32)36-4-2/h5-16,31-32H,3-4H2,1-2H3,(H,29,33)(H,30,34)/b27-15-,28-16-. The Balaban J connectivity index is 1.57. The Bertz CT molecular complexity index is 1170. The molecule has 0 aliphatic rings. The summed E-state index contributed by atoms with van der Waals surface area (Å²) in [5.41, 5.74) is 6.05. The molecule has 0 saturated carbocycles. The first kappa shape index (κ1) is 25.8. The highest BCUT2D eigenvalue weighted by Gasteiger charge is 2.10. The number of phenolic OH excluding ortho intramolecular Hbond substituents is 2. The second-order valence-electron chi connectivity index (χ2n) is 7.23. The van der Waals surface area contributed by atoms with Crippen LogP contribution in [0.15, 0.2) is 70.9 Å². The van der Waals surface area contributed by atoms with Crippen LogP contribution < -0.4 is 20.3 Å². The first-order chi connectivity index (χ1) is 17.4. The summed E-state index contributed by atoms with van der Waals surface area (Å²) in [7, 11) is 0. The molecule has 0 unspecified atom stereocenters. The van der Waals surface area contributed by atoms with Gasteiger partial charge in [-0.2, -0.15) is 10.2 Å². The zero-order valence-electron chi connectivity index (χ0n) is 19.8. The van der Waals surface area contributed by atoms with Gasteiger partial charge in [0, 0.05) is 22.3 Å². The van der Waals surface area contributed by atoms with Gasteiger partial charge in [-0.1, -0.05) is 12.1 Å². The summed E-state index contributed by atoms with van der Waals surface area (Å²) in [6.45, 7) is 4.41. The van der Waals surface area contributed by atoms with Gasteiger partial charge in [0.2, 0.25) is 0 Å². The molecule has 0 heterocycles. The molecule has 36 heavy (non-hydrogen) atoms. The number of aromatic hydroxyl groups is 2. The lowest BCUT2D eigenvalue weighted by molar-refractivity contribution is 0.0943. The van der Waals surface area contributed by atoms with Crippen molar-refractivity contribution >= 4 is 24.2 Å². The van der Waals surface area contributed by atoms with Crippen LogP contribution in [0, 0.1) is 0 Å². The molecule has 2 amide bonds. The maximum atomic E-state index is 12.3. The average Bonchev–Trinajstić information content (AvgIpc) is 2.88. The molecule has 0 spiro atoms. The van der Waals surface area contributed by atoms with E-state index in [-0.39, 0.29) is 22.6 Å². The maximum absolute atomic E-state index is 12.3. The van der Waals surface area contributed by atoms with E-state index < -0.39 is 11.8 Å². The van der Waals surface area contributed by atoms with Gasteiger partial charge in [-0.15, -0.1) is 0 Å². The summed E-state index contributed by atoms with van der Waals surface area (Å²) >= 11 is 0. The third-order valence-corrected chi connectivity index (χ3v) is 4.81. The zero-order valence-corrected chi connectivity index (χ0v) is 19.8. The van der Waals surface area contributed by atoms with E-state index in [1.807, 2.05) is 0 Å². The summed E-state index contributed by atoms with van der Waals surface area (Å²) in [6.07, 6.45) is 2.61. The number of hydrogen-bond acceptors (Lipinski definition) is 8. The Hall–Kier alpha value is -4.86. The molecule has 3 rings (SSSR count). The number of amides is 2. The van der Waals surface area contributed by atoms with Gasteiger partial charge < -0.3 is 19.7 Å². The second-order valence-corrected chi connectivity index (χ2v) is 7.23. The molecule has 4 N–H and O–H groups in total. The Morgan fingerprint density at radius 3 is 1.47 bits per heavy atom. The van der Waals surface area contributed by atoms with Crippen LogP contribution in [-0.2, 0) is 0 Å². The van der Waals surface area contributed by atoms with Crippen molar-refractivity contribution in [2.75, 3.05) is 13.2 Å². The van der Waals surface area contributed by atoms with Crippen LogP contribution in [0.4, 0.5) is 0 Å². The van der Waals surface area contributed by atoms with Gasteiger partial charge in [0.25, 0.3) is 11.8 Å². The highest BCUT2D eigenvalue weighted by atomic mass is 16.5. The van der Waals surface area contributed by atoms with Gasteiger partial charge >= 0.3 is 0 Å². The van der Waals surface area contributed by atoms with Crippen molar-refractivity contribution in [2.24, 2.45) is 10.2 Å². The van der Waals surface area contributed by atoms with E-state index in [0.29, 0.717) is 35.8 Å². The number of nitrogens with zero attached hydrogens (tertiary/aromatic N) is 2. The number of carbonyl (C=O) groups excluding carboxylic acids is 2. The van der Waals surface area contributed by atoms with Crippen molar-refractivity contribution in [3.8, 4) is 23.0 Å². The SMILES string of the molecule is CCOc1cccc(/C=N\NC(=O)c2ccc(C(=O)N/N=C\c3cccc(OCC)c3O)cc2)c1O. The van der Waals surface area contributed by atoms with E-state index in [4.69, 9.17) is 9.47 Å². The predicted octanol–water partition coefficient (Wildman–Crippen LogP) is 3.42. The number of rotatable bonds is 10. The number of carbonyl (C=O) groups is 2. The minimum atomic E-state index is -0.499. The number of benzene rings is 3. The summed E-state index contributed by atoms with van der Waals surface area (Å²) in [5.74, 6) is -0.508. The van der Waals surface area contributed by atoms with Crippen molar-refractivity contribution in [3.05, 3.63) is 82.9 Å². The Labute approximate surface area is 207 Å². The smallest absolute Gasteiger partial charge is 0.271 e. The van der Waals surface area contributed by atoms with Crippen LogP contribution >= 0.6 is 0 Å². The number of hydrogen-bond donors (Lipinski definition) is 4. The Morgan fingerprint density at radius 1 is 0.722 bits per heavy atom. The molecule has 3 aromatic rings. The number of nitrogens with one attached hydrogen (secondary N) is 2. The fourth-order valence-electron chi connectivity index (χ4n) is 3.05. The lowest BCUT2D eigenvalue weighted by Crippen LogP contribution is -2.19. The third kappa shape index (κ3) is 6.60. The molecule has 0 aromatic heterocycles. The van der Waals surface area contributed by atoms with Crippen LogP contribution in [0.3, 0.4) is 0 Å². The molecule has 0 radical (unpaired) electrons. The first-order valence-electron chi connectivity index (χ1n) is 11.1. The molecular formula is C26H26N4O6. The minimum absolute atomic E-state index is 0.0763. The van der Waals surface area contributed by atoms with E-state index in [2.05, 4.69) is 21.1 Å². The van der Waals surface area contributed by atoms with Crippen molar-refractivity contribution in [1.29, 1.82) is 0 Å². The molecule has 10 nitrogen and oxygen atoms in total. The summed E-state index contributed by atoms with van der Waals surface area (Å²) < 4.78 is 10.6. The molecule has 0 bridgehead atoms. The maximum Gasteiger partial charge on any atom is 0.271 e. The fraction of sp³-hybridized carbons (Fsp3) is 0.154. The van der Waals surface area contributed by atoms with E-state index in [1.54, 1.807) is 50.2 Å². The monoisotopic (exact) mass is 490 g/mol. The van der Waals surface area contributed by atoms with Gasteiger partial charge in [0.05, 0.1) is 25.6 Å². The highest BCUT2D eigenvalue weighted by molar-refractivity contribution is 5.98. The molecule has 0 aliphatic heterocycles. The molecule has 0 saturated heterocycles. The van der Waals surface area contributed by atoms with Crippen molar-refractivity contribution in [2.45, 2.75) is 13.8 Å². The largest absolute Gasteiger partial charge is 0.504 e. The van der Waals surface area contributed by atoms with Gasteiger partial charge in [-0.25, -0.2) is 10.9 Å². The topological polar surface area (TPSA) is 142 Å². The Kier molecular flexibility index (Phi) is 8.99. The average molecular weight is 491 g/mol. The van der Waals surface area contributed by atoms with Crippen LogP contribution in [-0.4, -0.2) is 47.7 Å². The van der Waals surface area contributed by atoms with Crippen molar-refractivity contribution < 1.29 is 29.3 Å². The third-order valence-electron chi connectivity index (χ3n) is 4.81. The molecule has 0 atom stereocenters. The van der Waals surface area contributed by atoms with E-state index in [9.17, 15) is 19.8 Å². The van der Waals surface area contributed by atoms with Crippen LogP contribution in [0.5, 0.6) is 23.0 Å². The molecule has 0 fully saturated rings. The van der Waals surface area contributed by atoms with Crippen molar-refractivity contribution in [3.63, 3.8) is 0 Å². The lowest BCUT2D eigenvalue weighted by Gasteiger charge is -2.07.